The van der Waals surface area contributed by atoms with Gasteiger partial charge >= 0.3 is 0 Å². The van der Waals surface area contributed by atoms with E-state index in [-0.39, 0.29) is 0 Å². The number of nitrogens with one attached hydrogen (secondary N) is 1. The van der Waals surface area contributed by atoms with E-state index >= 15 is 0 Å². The molecule has 0 saturated heterocycles. The van der Waals surface area contributed by atoms with E-state index in [1.54, 1.807) is 7.11 Å². The van der Waals surface area contributed by atoms with E-state index in [4.69, 9.17) is 4.74 Å². The Labute approximate surface area is 130 Å². The third kappa shape index (κ3) is 4.47. The Hall–Kier alpha value is -1.02. The molecule has 0 amide bonds. The lowest BCUT2D eigenvalue weighted by molar-refractivity contribution is 0.313. The van der Waals surface area contributed by atoms with E-state index in [1.165, 1.54) is 56.1 Å². The van der Waals surface area contributed by atoms with E-state index in [0.29, 0.717) is 6.04 Å². The minimum absolute atomic E-state index is 0.443. The molecular formula is C19H31NO. The van der Waals surface area contributed by atoms with E-state index < -0.39 is 0 Å². The molecule has 0 aliphatic heterocycles. The minimum atomic E-state index is 0.443. The highest BCUT2D eigenvalue weighted by atomic mass is 16.5. The molecule has 2 nitrogen and oxygen atoms in total. The average Bonchev–Trinajstić information content (AvgIpc) is 2.78. The van der Waals surface area contributed by atoms with Crippen molar-refractivity contribution in [2.45, 2.75) is 64.8 Å². The van der Waals surface area contributed by atoms with Gasteiger partial charge in [0.15, 0.2) is 0 Å². The Balaban J connectivity index is 2.25. The van der Waals surface area contributed by atoms with Crippen LogP contribution in [0.2, 0.25) is 0 Å². The molecule has 1 saturated carbocycles. The molecule has 0 radical (unpaired) electrons. The normalized spacial score (nSPS) is 18.2. The first-order chi connectivity index (χ1) is 10.3. The van der Waals surface area contributed by atoms with Crippen LogP contribution < -0.4 is 10.1 Å². The quantitative estimate of drug-likeness (QED) is 0.743. The predicted molar refractivity (Wildman–Crippen MR) is 90.0 cm³/mol. The van der Waals surface area contributed by atoms with Gasteiger partial charge in [0.2, 0.25) is 0 Å². The molecule has 1 aromatic rings. The maximum absolute atomic E-state index is 5.67. The maximum Gasteiger partial charge on any atom is 0.123 e. The SMILES string of the molecule is CCCNC(c1ccc(C)cc1OC)C1CCCCCC1. The van der Waals surface area contributed by atoms with E-state index in [1.807, 2.05) is 0 Å². The van der Waals surface area contributed by atoms with Crippen LogP contribution in [0.3, 0.4) is 0 Å². The summed E-state index contributed by atoms with van der Waals surface area (Å²) in [7, 11) is 1.79. The van der Waals surface area contributed by atoms with Gasteiger partial charge in [-0.25, -0.2) is 0 Å². The molecule has 0 spiro atoms. The zero-order valence-corrected chi connectivity index (χ0v) is 14.0. The average molecular weight is 289 g/mol. The monoisotopic (exact) mass is 289 g/mol. The molecule has 1 aliphatic carbocycles. The van der Waals surface area contributed by atoms with Crippen molar-refractivity contribution in [2.24, 2.45) is 5.92 Å². The summed E-state index contributed by atoms with van der Waals surface area (Å²) in [4.78, 5) is 0. The summed E-state index contributed by atoms with van der Waals surface area (Å²) < 4.78 is 5.67. The summed E-state index contributed by atoms with van der Waals surface area (Å²) in [5, 5.41) is 3.80. The zero-order chi connectivity index (χ0) is 15.1. The highest BCUT2D eigenvalue weighted by molar-refractivity contribution is 5.39. The fourth-order valence-electron chi connectivity index (χ4n) is 3.55. The lowest BCUT2D eigenvalue weighted by Gasteiger charge is -2.29. The lowest BCUT2D eigenvalue weighted by atomic mass is 9.86. The van der Waals surface area contributed by atoms with Crippen LogP contribution in [0.5, 0.6) is 5.75 Å². The smallest absolute Gasteiger partial charge is 0.123 e. The summed E-state index contributed by atoms with van der Waals surface area (Å²) in [5.41, 5.74) is 2.62. The number of hydrogen-bond donors (Lipinski definition) is 1. The molecule has 1 atom stereocenters. The highest BCUT2D eigenvalue weighted by Crippen LogP contribution is 2.37. The fourth-order valence-corrected chi connectivity index (χ4v) is 3.55. The van der Waals surface area contributed by atoms with Crippen LogP contribution in [0.4, 0.5) is 0 Å². The van der Waals surface area contributed by atoms with Crippen molar-refractivity contribution in [1.82, 2.24) is 5.32 Å². The third-order valence-corrected chi connectivity index (χ3v) is 4.71. The van der Waals surface area contributed by atoms with Gasteiger partial charge in [-0.05, 0) is 50.3 Å². The van der Waals surface area contributed by atoms with E-state index in [9.17, 15) is 0 Å². The van der Waals surface area contributed by atoms with Gasteiger partial charge in [-0.1, -0.05) is 44.7 Å². The molecule has 1 fully saturated rings. The summed E-state index contributed by atoms with van der Waals surface area (Å²) in [6.07, 6.45) is 9.44. The highest BCUT2D eigenvalue weighted by Gasteiger charge is 2.26. The number of benzene rings is 1. The second-order valence-corrected chi connectivity index (χ2v) is 6.43. The standard InChI is InChI=1S/C19H31NO/c1-4-13-20-19(16-9-7-5-6-8-10-16)17-12-11-15(2)14-18(17)21-3/h11-12,14,16,19-20H,4-10,13H2,1-3H3. The van der Waals surface area contributed by atoms with Crippen molar-refractivity contribution in [3.63, 3.8) is 0 Å². The molecule has 1 aromatic carbocycles. The molecule has 2 heteroatoms. The van der Waals surface area contributed by atoms with Crippen molar-refractivity contribution in [3.05, 3.63) is 29.3 Å². The first-order valence-electron chi connectivity index (χ1n) is 8.64. The predicted octanol–water partition coefficient (Wildman–Crippen LogP) is 5.01. The first-order valence-corrected chi connectivity index (χ1v) is 8.64. The van der Waals surface area contributed by atoms with Crippen LogP contribution in [0, 0.1) is 12.8 Å². The third-order valence-electron chi connectivity index (χ3n) is 4.71. The summed E-state index contributed by atoms with van der Waals surface area (Å²) in [6, 6.07) is 7.10. The van der Waals surface area contributed by atoms with Crippen LogP contribution in [0.1, 0.15) is 69.0 Å². The number of ether oxygens (including phenoxy) is 1. The van der Waals surface area contributed by atoms with Gasteiger partial charge in [0, 0.05) is 11.6 Å². The number of methoxy groups -OCH3 is 1. The number of aryl methyl sites for hydroxylation is 1. The van der Waals surface area contributed by atoms with Crippen molar-refractivity contribution in [2.75, 3.05) is 13.7 Å². The van der Waals surface area contributed by atoms with E-state index in [2.05, 4.69) is 37.4 Å². The van der Waals surface area contributed by atoms with Crippen LogP contribution in [-0.2, 0) is 0 Å². The number of rotatable bonds is 6. The lowest BCUT2D eigenvalue weighted by Crippen LogP contribution is -2.29. The first kappa shape index (κ1) is 16.4. The van der Waals surface area contributed by atoms with Crippen LogP contribution in [-0.4, -0.2) is 13.7 Å². The fraction of sp³-hybridized carbons (Fsp3) is 0.684. The van der Waals surface area contributed by atoms with Crippen LogP contribution >= 0.6 is 0 Å². The maximum atomic E-state index is 5.67. The molecule has 1 unspecified atom stereocenters. The van der Waals surface area contributed by atoms with Crippen molar-refractivity contribution in [1.29, 1.82) is 0 Å². The Bertz CT molecular complexity index is 422. The summed E-state index contributed by atoms with van der Waals surface area (Å²) >= 11 is 0. The Kier molecular flexibility index (Phi) is 6.56. The molecule has 118 valence electrons. The van der Waals surface area contributed by atoms with E-state index in [0.717, 1.165) is 18.2 Å². The van der Waals surface area contributed by atoms with Gasteiger partial charge in [-0.15, -0.1) is 0 Å². The van der Waals surface area contributed by atoms with Crippen LogP contribution in [0.25, 0.3) is 0 Å². The molecule has 0 heterocycles. The second-order valence-electron chi connectivity index (χ2n) is 6.43. The minimum Gasteiger partial charge on any atom is -0.496 e. The second kappa shape index (κ2) is 8.43. The van der Waals surface area contributed by atoms with Gasteiger partial charge < -0.3 is 10.1 Å². The van der Waals surface area contributed by atoms with Gasteiger partial charge in [0.1, 0.15) is 5.75 Å². The molecule has 0 aromatic heterocycles. The molecular weight excluding hydrogens is 258 g/mol. The van der Waals surface area contributed by atoms with Gasteiger partial charge in [0.25, 0.3) is 0 Å². The molecule has 2 rings (SSSR count). The zero-order valence-electron chi connectivity index (χ0n) is 14.0. The molecule has 21 heavy (non-hydrogen) atoms. The van der Waals surface area contributed by atoms with Crippen molar-refractivity contribution in [3.8, 4) is 5.75 Å². The summed E-state index contributed by atoms with van der Waals surface area (Å²) in [6.45, 7) is 5.45. The molecule has 0 bridgehead atoms. The van der Waals surface area contributed by atoms with Crippen LogP contribution in [0.15, 0.2) is 18.2 Å². The molecule has 1 aliphatic rings. The van der Waals surface area contributed by atoms with Crippen molar-refractivity contribution < 1.29 is 4.74 Å². The molecule has 1 N–H and O–H groups in total. The van der Waals surface area contributed by atoms with Gasteiger partial charge in [-0.2, -0.15) is 0 Å². The number of hydrogen-bond acceptors (Lipinski definition) is 2. The topological polar surface area (TPSA) is 21.3 Å². The van der Waals surface area contributed by atoms with Gasteiger partial charge in [-0.3, -0.25) is 0 Å². The largest absolute Gasteiger partial charge is 0.496 e. The Morgan fingerprint density at radius 1 is 1.19 bits per heavy atom. The van der Waals surface area contributed by atoms with Gasteiger partial charge in [0.05, 0.1) is 7.11 Å². The summed E-state index contributed by atoms with van der Waals surface area (Å²) in [5.74, 6) is 1.79. The Morgan fingerprint density at radius 3 is 2.52 bits per heavy atom. The Morgan fingerprint density at radius 2 is 1.90 bits per heavy atom. The van der Waals surface area contributed by atoms with Crippen molar-refractivity contribution >= 4 is 0 Å².